The molecular formula is C20H22ClNO2. The summed E-state index contributed by atoms with van der Waals surface area (Å²) in [6, 6.07) is 22.1. The highest BCUT2D eigenvalue weighted by Gasteiger charge is 2.08. The first-order valence-corrected chi connectivity index (χ1v) is 7.78. The minimum absolute atomic E-state index is 0. The number of methoxy groups -OCH3 is 1. The molecule has 0 radical (unpaired) electrons. The predicted molar refractivity (Wildman–Crippen MR) is 101 cm³/mol. The van der Waals surface area contributed by atoms with Crippen molar-refractivity contribution in [2.75, 3.05) is 13.7 Å². The molecule has 1 atom stereocenters. The normalized spacial score (nSPS) is 11.6. The molecule has 3 aromatic rings. The Kier molecular flexibility index (Phi) is 6.47. The summed E-state index contributed by atoms with van der Waals surface area (Å²) in [5.74, 6) is 1.73. The Balaban J connectivity index is 0.00000208. The fourth-order valence-corrected chi connectivity index (χ4v) is 2.66. The van der Waals surface area contributed by atoms with E-state index in [1.807, 2.05) is 48.5 Å². The van der Waals surface area contributed by atoms with Gasteiger partial charge in [-0.2, -0.15) is 0 Å². The molecule has 126 valence electrons. The lowest BCUT2D eigenvalue weighted by atomic mass is 10.0. The SMILES string of the molecule is COc1cccc(C(N)CCOc2cccc3ccccc23)c1.Cl. The number of hydrogen-bond donors (Lipinski definition) is 1. The zero-order valence-electron chi connectivity index (χ0n) is 13.6. The average Bonchev–Trinajstić information content (AvgIpc) is 2.62. The van der Waals surface area contributed by atoms with Crippen molar-refractivity contribution < 1.29 is 9.47 Å². The summed E-state index contributed by atoms with van der Waals surface area (Å²) in [4.78, 5) is 0. The van der Waals surface area contributed by atoms with Crippen LogP contribution in [0.5, 0.6) is 11.5 Å². The van der Waals surface area contributed by atoms with Crippen LogP contribution in [0.2, 0.25) is 0 Å². The van der Waals surface area contributed by atoms with Gasteiger partial charge in [0.05, 0.1) is 13.7 Å². The van der Waals surface area contributed by atoms with Crippen LogP contribution < -0.4 is 15.2 Å². The molecule has 4 heteroatoms. The average molecular weight is 344 g/mol. The lowest BCUT2D eigenvalue weighted by molar-refractivity contribution is 0.301. The molecule has 3 aromatic carbocycles. The van der Waals surface area contributed by atoms with E-state index < -0.39 is 0 Å². The van der Waals surface area contributed by atoms with Gasteiger partial charge >= 0.3 is 0 Å². The van der Waals surface area contributed by atoms with Crippen LogP contribution in [0, 0.1) is 0 Å². The van der Waals surface area contributed by atoms with E-state index >= 15 is 0 Å². The molecule has 3 nitrogen and oxygen atoms in total. The molecule has 0 aromatic heterocycles. The molecule has 0 bridgehead atoms. The number of hydrogen-bond acceptors (Lipinski definition) is 3. The number of rotatable bonds is 6. The van der Waals surface area contributed by atoms with Gasteiger partial charge in [-0.3, -0.25) is 0 Å². The van der Waals surface area contributed by atoms with Crippen LogP contribution in [0.3, 0.4) is 0 Å². The highest BCUT2D eigenvalue weighted by Crippen LogP contribution is 2.26. The van der Waals surface area contributed by atoms with Gasteiger partial charge in [-0.25, -0.2) is 0 Å². The zero-order valence-corrected chi connectivity index (χ0v) is 14.5. The summed E-state index contributed by atoms with van der Waals surface area (Å²) >= 11 is 0. The standard InChI is InChI=1S/C20H21NO2.ClH/c1-22-17-9-4-8-16(14-17)19(21)12-13-23-20-11-5-7-15-6-2-3-10-18(15)20;/h2-11,14,19H,12-13,21H2,1H3;1H. The van der Waals surface area contributed by atoms with E-state index in [-0.39, 0.29) is 18.4 Å². The van der Waals surface area contributed by atoms with Crippen molar-refractivity contribution in [3.8, 4) is 11.5 Å². The molecule has 3 rings (SSSR count). The van der Waals surface area contributed by atoms with E-state index in [2.05, 4.69) is 18.2 Å². The van der Waals surface area contributed by atoms with E-state index in [1.54, 1.807) is 7.11 Å². The van der Waals surface area contributed by atoms with Gasteiger partial charge in [-0.1, -0.05) is 48.5 Å². The van der Waals surface area contributed by atoms with Crippen LogP contribution in [-0.2, 0) is 0 Å². The van der Waals surface area contributed by atoms with Gasteiger partial charge in [0.15, 0.2) is 0 Å². The molecule has 2 N–H and O–H groups in total. The lowest BCUT2D eigenvalue weighted by Crippen LogP contribution is -2.14. The molecule has 0 aliphatic heterocycles. The largest absolute Gasteiger partial charge is 0.497 e. The van der Waals surface area contributed by atoms with Crippen LogP contribution >= 0.6 is 12.4 Å². The summed E-state index contributed by atoms with van der Waals surface area (Å²) in [6.45, 7) is 0.576. The van der Waals surface area contributed by atoms with Crippen molar-refractivity contribution in [3.63, 3.8) is 0 Å². The molecule has 0 amide bonds. The first-order valence-electron chi connectivity index (χ1n) is 7.78. The fourth-order valence-electron chi connectivity index (χ4n) is 2.66. The Bertz CT molecular complexity index is 786. The van der Waals surface area contributed by atoms with Gasteiger partial charge < -0.3 is 15.2 Å². The highest BCUT2D eigenvalue weighted by molar-refractivity contribution is 5.88. The van der Waals surface area contributed by atoms with Gasteiger partial charge in [0.1, 0.15) is 11.5 Å². The first kappa shape index (κ1) is 18.1. The maximum Gasteiger partial charge on any atom is 0.127 e. The summed E-state index contributed by atoms with van der Waals surface area (Å²) in [5, 5.41) is 2.31. The number of nitrogens with two attached hydrogens (primary N) is 1. The maximum absolute atomic E-state index is 6.26. The smallest absolute Gasteiger partial charge is 0.127 e. The maximum atomic E-state index is 6.26. The van der Waals surface area contributed by atoms with Gasteiger partial charge in [-0.05, 0) is 29.1 Å². The molecule has 0 heterocycles. The van der Waals surface area contributed by atoms with Crippen molar-refractivity contribution >= 4 is 23.2 Å². The van der Waals surface area contributed by atoms with E-state index in [9.17, 15) is 0 Å². The van der Waals surface area contributed by atoms with E-state index in [4.69, 9.17) is 15.2 Å². The third kappa shape index (κ3) is 4.19. The molecule has 0 aliphatic carbocycles. The molecule has 0 spiro atoms. The Morgan fingerprint density at radius 3 is 2.54 bits per heavy atom. The monoisotopic (exact) mass is 343 g/mol. The molecule has 24 heavy (non-hydrogen) atoms. The van der Waals surface area contributed by atoms with Gasteiger partial charge in [0, 0.05) is 17.8 Å². The molecule has 1 unspecified atom stereocenters. The second-order valence-corrected chi connectivity index (χ2v) is 5.50. The van der Waals surface area contributed by atoms with Crippen LogP contribution in [0.25, 0.3) is 10.8 Å². The Hall–Kier alpha value is -2.23. The third-order valence-electron chi connectivity index (χ3n) is 3.96. The van der Waals surface area contributed by atoms with Crippen LogP contribution in [0.4, 0.5) is 0 Å². The van der Waals surface area contributed by atoms with Crippen molar-refractivity contribution in [3.05, 3.63) is 72.3 Å². The van der Waals surface area contributed by atoms with E-state index in [0.717, 1.165) is 28.9 Å². The van der Waals surface area contributed by atoms with Crippen LogP contribution in [0.1, 0.15) is 18.0 Å². The van der Waals surface area contributed by atoms with Crippen molar-refractivity contribution in [2.45, 2.75) is 12.5 Å². The second kappa shape index (κ2) is 8.57. The van der Waals surface area contributed by atoms with E-state index in [1.165, 1.54) is 5.39 Å². The molecular weight excluding hydrogens is 322 g/mol. The van der Waals surface area contributed by atoms with Crippen molar-refractivity contribution in [1.82, 2.24) is 0 Å². The number of halogens is 1. The molecule has 0 aliphatic rings. The summed E-state index contributed by atoms with van der Waals surface area (Å²) < 4.78 is 11.2. The summed E-state index contributed by atoms with van der Waals surface area (Å²) in [7, 11) is 1.66. The van der Waals surface area contributed by atoms with Crippen molar-refractivity contribution in [2.24, 2.45) is 5.73 Å². The topological polar surface area (TPSA) is 44.5 Å². The molecule has 0 saturated heterocycles. The van der Waals surface area contributed by atoms with Crippen LogP contribution in [0.15, 0.2) is 66.7 Å². The highest BCUT2D eigenvalue weighted by atomic mass is 35.5. The number of benzene rings is 3. The van der Waals surface area contributed by atoms with E-state index in [0.29, 0.717) is 6.61 Å². The molecule has 0 saturated carbocycles. The number of ether oxygens (including phenoxy) is 2. The minimum Gasteiger partial charge on any atom is -0.497 e. The Labute approximate surface area is 148 Å². The molecule has 0 fully saturated rings. The second-order valence-electron chi connectivity index (χ2n) is 5.50. The first-order chi connectivity index (χ1) is 11.3. The van der Waals surface area contributed by atoms with Crippen LogP contribution in [-0.4, -0.2) is 13.7 Å². The number of fused-ring (bicyclic) bond motifs is 1. The Morgan fingerprint density at radius 2 is 1.71 bits per heavy atom. The zero-order chi connectivity index (χ0) is 16.1. The quantitative estimate of drug-likeness (QED) is 0.703. The summed E-state index contributed by atoms with van der Waals surface area (Å²) in [5.41, 5.74) is 7.32. The fraction of sp³-hybridized carbons (Fsp3) is 0.200. The minimum atomic E-state index is -0.0694. The summed E-state index contributed by atoms with van der Waals surface area (Å²) in [6.07, 6.45) is 0.746. The van der Waals surface area contributed by atoms with Crippen molar-refractivity contribution in [1.29, 1.82) is 0 Å². The third-order valence-corrected chi connectivity index (χ3v) is 3.96. The predicted octanol–water partition coefficient (Wildman–Crippen LogP) is 4.74. The van der Waals surface area contributed by atoms with Gasteiger partial charge in [-0.15, -0.1) is 12.4 Å². The lowest BCUT2D eigenvalue weighted by Gasteiger charge is -2.14. The van der Waals surface area contributed by atoms with Gasteiger partial charge in [0.2, 0.25) is 0 Å². The van der Waals surface area contributed by atoms with Gasteiger partial charge in [0.25, 0.3) is 0 Å². The Morgan fingerprint density at radius 1 is 0.958 bits per heavy atom.